The van der Waals surface area contributed by atoms with E-state index in [0.29, 0.717) is 6.04 Å². The van der Waals surface area contributed by atoms with Crippen LogP contribution in [0.3, 0.4) is 0 Å². The van der Waals surface area contributed by atoms with Gasteiger partial charge in [0.2, 0.25) is 0 Å². The lowest BCUT2D eigenvalue weighted by molar-refractivity contribution is 0.502. The van der Waals surface area contributed by atoms with Crippen molar-refractivity contribution in [3.63, 3.8) is 0 Å². The SMILES string of the molecule is CCNC(C)c1nc2cc(Br)ccc2n1C(C)C. The normalized spacial score (nSPS) is 13.4. The van der Waals surface area contributed by atoms with Crippen molar-refractivity contribution in [1.82, 2.24) is 14.9 Å². The first-order chi connectivity index (χ1) is 8.54. The molecule has 0 bridgehead atoms. The van der Waals surface area contributed by atoms with Crippen molar-refractivity contribution in [2.75, 3.05) is 6.54 Å². The summed E-state index contributed by atoms with van der Waals surface area (Å²) in [6.45, 7) is 9.64. The summed E-state index contributed by atoms with van der Waals surface area (Å²) in [4.78, 5) is 4.78. The van der Waals surface area contributed by atoms with E-state index in [2.05, 4.69) is 71.7 Å². The fourth-order valence-electron chi connectivity index (χ4n) is 2.34. The van der Waals surface area contributed by atoms with Gasteiger partial charge in [0.15, 0.2) is 0 Å². The van der Waals surface area contributed by atoms with Crippen molar-refractivity contribution in [3.05, 3.63) is 28.5 Å². The van der Waals surface area contributed by atoms with Crippen LogP contribution in [0.5, 0.6) is 0 Å². The first kappa shape index (κ1) is 13.6. The Bertz CT molecular complexity index is 545. The third-order valence-corrected chi connectivity index (χ3v) is 3.59. The minimum absolute atomic E-state index is 0.267. The van der Waals surface area contributed by atoms with Gasteiger partial charge in [0, 0.05) is 10.5 Å². The Hall–Kier alpha value is -0.870. The molecule has 1 aromatic heterocycles. The smallest absolute Gasteiger partial charge is 0.127 e. The van der Waals surface area contributed by atoms with Crippen LogP contribution < -0.4 is 5.32 Å². The van der Waals surface area contributed by atoms with Gasteiger partial charge in [-0.2, -0.15) is 0 Å². The number of halogens is 1. The number of hydrogen-bond donors (Lipinski definition) is 1. The molecular weight excluding hydrogens is 290 g/mol. The zero-order valence-electron chi connectivity index (χ0n) is 11.4. The van der Waals surface area contributed by atoms with Gasteiger partial charge in [-0.25, -0.2) is 4.98 Å². The maximum absolute atomic E-state index is 4.78. The van der Waals surface area contributed by atoms with Crippen molar-refractivity contribution in [3.8, 4) is 0 Å². The Balaban J connectivity index is 2.60. The largest absolute Gasteiger partial charge is 0.324 e. The third kappa shape index (κ3) is 2.45. The van der Waals surface area contributed by atoms with Crippen molar-refractivity contribution in [2.24, 2.45) is 0 Å². The lowest BCUT2D eigenvalue weighted by Crippen LogP contribution is -2.22. The summed E-state index contributed by atoms with van der Waals surface area (Å²) < 4.78 is 3.39. The van der Waals surface area contributed by atoms with Gasteiger partial charge >= 0.3 is 0 Å². The highest BCUT2D eigenvalue weighted by molar-refractivity contribution is 9.10. The Morgan fingerprint density at radius 3 is 2.67 bits per heavy atom. The van der Waals surface area contributed by atoms with E-state index in [-0.39, 0.29) is 6.04 Å². The van der Waals surface area contributed by atoms with Crippen LogP contribution in [0.2, 0.25) is 0 Å². The number of benzene rings is 1. The van der Waals surface area contributed by atoms with Crippen LogP contribution in [0.15, 0.2) is 22.7 Å². The summed E-state index contributed by atoms with van der Waals surface area (Å²) >= 11 is 3.51. The Morgan fingerprint density at radius 2 is 2.06 bits per heavy atom. The second-order valence-corrected chi connectivity index (χ2v) is 5.76. The molecule has 0 saturated carbocycles. The number of nitrogens with zero attached hydrogens (tertiary/aromatic N) is 2. The zero-order valence-corrected chi connectivity index (χ0v) is 13.0. The van der Waals surface area contributed by atoms with E-state index in [4.69, 9.17) is 4.98 Å². The Morgan fingerprint density at radius 1 is 1.33 bits per heavy atom. The molecule has 1 aromatic carbocycles. The fourth-order valence-corrected chi connectivity index (χ4v) is 2.69. The molecule has 0 aliphatic rings. The molecule has 0 aliphatic heterocycles. The van der Waals surface area contributed by atoms with Crippen molar-refractivity contribution in [2.45, 2.75) is 39.8 Å². The van der Waals surface area contributed by atoms with E-state index in [9.17, 15) is 0 Å². The summed E-state index contributed by atoms with van der Waals surface area (Å²) in [5, 5.41) is 3.44. The summed E-state index contributed by atoms with van der Waals surface area (Å²) in [5.74, 6) is 1.11. The molecule has 1 atom stereocenters. The summed E-state index contributed by atoms with van der Waals surface area (Å²) in [6.07, 6.45) is 0. The van der Waals surface area contributed by atoms with E-state index in [0.717, 1.165) is 22.4 Å². The number of fused-ring (bicyclic) bond motifs is 1. The van der Waals surface area contributed by atoms with Crippen LogP contribution in [-0.2, 0) is 0 Å². The first-order valence-corrected chi connectivity index (χ1v) is 7.24. The molecule has 0 spiro atoms. The van der Waals surface area contributed by atoms with Crippen molar-refractivity contribution in [1.29, 1.82) is 0 Å². The van der Waals surface area contributed by atoms with Crippen molar-refractivity contribution >= 4 is 27.0 Å². The van der Waals surface area contributed by atoms with Crippen LogP contribution in [0.4, 0.5) is 0 Å². The molecule has 0 aliphatic carbocycles. The van der Waals surface area contributed by atoms with Crippen LogP contribution in [0.1, 0.15) is 45.6 Å². The van der Waals surface area contributed by atoms with Gasteiger partial charge in [-0.3, -0.25) is 0 Å². The first-order valence-electron chi connectivity index (χ1n) is 6.45. The van der Waals surface area contributed by atoms with E-state index in [1.165, 1.54) is 5.52 Å². The molecule has 4 heteroatoms. The average Bonchev–Trinajstić information content (AvgIpc) is 2.67. The molecule has 1 unspecified atom stereocenters. The van der Waals surface area contributed by atoms with Gasteiger partial charge < -0.3 is 9.88 Å². The standard InChI is InChI=1S/C14H20BrN3/c1-5-16-10(4)14-17-12-8-11(15)6-7-13(12)18(14)9(2)3/h6-10,16H,5H2,1-4H3. The number of aromatic nitrogens is 2. The van der Waals surface area contributed by atoms with Gasteiger partial charge in [-0.05, 0) is 45.5 Å². The van der Waals surface area contributed by atoms with Gasteiger partial charge in [-0.1, -0.05) is 22.9 Å². The summed E-state index contributed by atoms with van der Waals surface area (Å²) in [6, 6.07) is 6.96. The van der Waals surface area contributed by atoms with E-state index >= 15 is 0 Å². The topological polar surface area (TPSA) is 29.9 Å². The molecule has 0 amide bonds. The van der Waals surface area contributed by atoms with E-state index < -0.39 is 0 Å². The monoisotopic (exact) mass is 309 g/mol. The van der Waals surface area contributed by atoms with E-state index in [1.807, 2.05) is 0 Å². The molecule has 0 saturated heterocycles. The van der Waals surface area contributed by atoms with Gasteiger partial charge in [-0.15, -0.1) is 0 Å². The lowest BCUT2D eigenvalue weighted by Gasteiger charge is -2.18. The molecule has 2 aromatic rings. The molecule has 2 rings (SSSR count). The van der Waals surface area contributed by atoms with Crippen LogP contribution in [0.25, 0.3) is 11.0 Å². The third-order valence-electron chi connectivity index (χ3n) is 3.09. The quantitative estimate of drug-likeness (QED) is 0.923. The van der Waals surface area contributed by atoms with Gasteiger partial charge in [0.1, 0.15) is 5.82 Å². The molecule has 3 nitrogen and oxygen atoms in total. The van der Waals surface area contributed by atoms with E-state index in [1.54, 1.807) is 0 Å². The highest BCUT2D eigenvalue weighted by Gasteiger charge is 2.17. The maximum Gasteiger partial charge on any atom is 0.127 e. The molecule has 98 valence electrons. The number of hydrogen-bond acceptors (Lipinski definition) is 2. The van der Waals surface area contributed by atoms with Crippen LogP contribution in [0, 0.1) is 0 Å². The zero-order chi connectivity index (χ0) is 13.3. The Kier molecular flexibility index (Phi) is 4.07. The second kappa shape index (κ2) is 5.41. The predicted octanol–water partition coefficient (Wildman–Crippen LogP) is 4.05. The highest BCUT2D eigenvalue weighted by atomic mass is 79.9. The summed E-state index contributed by atoms with van der Waals surface area (Å²) in [7, 11) is 0. The molecular formula is C14H20BrN3. The average molecular weight is 310 g/mol. The summed E-state index contributed by atoms with van der Waals surface area (Å²) in [5.41, 5.74) is 2.26. The fraction of sp³-hybridized carbons (Fsp3) is 0.500. The second-order valence-electron chi connectivity index (χ2n) is 4.85. The highest BCUT2D eigenvalue weighted by Crippen LogP contribution is 2.27. The number of rotatable bonds is 4. The minimum Gasteiger partial charge on any atom is -0.324 e. The molecule has 1 N–H and O–H groups in total. The van der Waals surface area contributed by atoms with Crippen LogP contribution >= 0.6 is 15.9 Å². The number of imidazole rings is 1. The van der Waals surface area contributed by atoms with Crippen molar-refractivity contribution < 1.29 is 0 Å². The van der Waals surface area contributed by atoms with Gasteiger partial charge in [0.25, 0.3) is 0 Å². The maximum atomic E-state index is 4.78. The Labute approximate surface area is 117 Å². The minimum atomic E-state index is 0.267. The lowest BCUT2D eigenvalue weighted by atomic mass is 10.2. The molecule has 0 radical (unpaired) electrons. The molecule has 18 heavy (non-hydrogen) atoms. The van der Waals surface area contributed by atoms with Crippen LogP contribution in [-0.4, -0.2) is 16.1 Å². The number of nitrogens with one attached hydrogen (secondary N) is 1. The molecule has 0 fully saturated rings. The molecule has 1 heterocycles. The predicted molar refractivity (Wildman–Crippen MR) is 79.9 cm³/mol. The van der Waals surface area contributed by atoms with Gasteiger partial charge in [0.05, 0.1) is 17.1 Å².